The lowest BCUT2D eigenvalue weighted by Gasteiger charge is -2.03. The van der Waals surface area contributed by atoms with Crippen LogP contribution in [0.1, 0.15) is 38.2 Å². The van der Waals surface area contributed by atoms with Crippen LogP contribution in [0.15, 0.2) is 30.3 Å². The van der Waals surface area contributed by atoms with Crippen LogP contribution in [0.3, 0.4) is 0 Å². The Bertz CT molecular complexity index is 295. The van der Waals surface area contributed by atoms with Gasteiger partial charge >= 0.3 is 0 Å². The third-order valence-corrected chi connectivity index (χ3v) is 2.61. The second-order valence-corrected chi connectivity index (χ2v) is 4.13. The Morgan fingerprint density at radius 1 is 1.06 bits per heavy atom. The van der Waals surface area contributed by atoms with Gasteiger partial charge in [0.25, 0.3) is 0 Å². The van der Waals surface area contributed by atoms with E-state index in [-0.39, 0.29) is 5.91 Å². The molecule has 1 aromatic rings. The molecule has 2 heteroatoms. The molecule has 0 bridgehead atoms. The highest BCUT2D eigenvalue weighted by Crippen LogP contribution is 2.07. The smallest absolute Gasteiger partial charge is 0.216 e. The summed E-state index contributed by atoms with van der Waals surface area (Å²) in [5, 5.41) is 2.82. The molecule has 0 aromatic heterocycles. The van der Waals surface area contributed by atoms with Crippen LogP contribution in [0.4, 0.5) is 0 Å². The largest absolute Gasteiger partial charge is 0.356 e. The van der Waals surface area contributed by atoms with Gasteiger partial charge in [0.1, 0.15) is 0 Å². The maximum absolute atomic E-state index is 10.6. The molecule has 16 heavy (non-hydrogen) atoms. The second-order valence-electron chi connectivity index (χ2n) is 4.13. The Labute approximate surface area is 98.1 Å². The monoisotopic (exact) mass is 219 g/mol. The third-order valence-electron chi connectivity index (χ3n) is 2.61. The predicted molar refractivity (Wildman–Crippen MR) is 67.3 cm³/mol. The van der Waals surface area contributed by atoms with E-state index in [2.05, 4.69) is 35.6 Å². The van der Waals surface area contributed by atoms with Gasteiger partial charge in [-0.25, -0.2) is 0 Å². The van der Waals surface area contributed by atoms with Gasteiger partial charge in [-0.3, -0.25) is 4.79 Å². The quantitative estimate of drug-likeness (QED) is 0.702. The molecule has 0 atom stereocenters. The van der Waals surface area contributed by atoms with Gasteiger partial charge in [0.2, 0.25) is 5.91 Å². The zero-order valence-electron chi connectivity index (χ0n) is 10.0. The average molecular weight is 219 g/mol. The van der Waals surface area contributed by atoms with Crippen LogP contribution in [0.2, 0.25) is 0 Å². The van der Waals surface area contributed by atoms with Crippen molar-refractivity contribution in [1.82, 2.24) is 5.32 Å². The number of aryl methyl sites for hydroxylation is 1. The van der Waals surface area contributed by atoms with Gasteiger partial charge in [0.05, 0.1) is 0 Å². The SMILES string of the molecule is CC(=O)NCCCCCCc1ccccc1. The molecule has 0 heterocycles. The fourth-order valence-electron chi connectivity index (χ4n) is 1.72. The summed E-state index contributed by atoms with van der Waals surface area (Å²) in [6.45, 7) is 2.38. The van der Waals surface area contributed by atoms with Crippen molar-refractivity contribution in [2.45, 2.75) is 39.0 Å². The van der Waals surface area contributed by atoms with Gasteiger partial charge in [-0.1, -0.05) is 43.2 Å². The molecule has 0 spiro atoms. The zero-order valence-corrected chi connectivity index (χ0v) is 10.0. The Morgan fingerprint density at radius 2 is 1.75 bits per heavy atom. The number of unbranched alkanes of at least 4 members (excludes halogenated alkanes) is 3. The second kappa shape index (κ2) is 7.91. The molecule has 2 nitrogen and oxygen atoms in total. The van der Waals surface area contributed by atoms with Gasteiger partial charge in [0.15, 0.2) is 0 Å². The minimum atomic E-state index is 0.0734. The van der Waals surface area contributed by atoms with Crippen LogP contribution >= 0.6 is 0 Å². The predicted octanol–water partition coefficient (Wildman–Crippen LogP) is 2.93. The molecule has 0 aliphatic rings. The van der Waals surface area contributed by atoms with Crippen LogP contribution in [0, 0.1) is 0 Å². The van der Waals surface area contributed by atoms with Crippen LogP contribution < -0.4 is 5.32 Å². The minimum absolute atomic E-state index is 0.0734. The number of nitrogens with one attached hydrogen (secondary N) is 1. The summed E-state index contributed by atoms with van der Waals surface area (Å²) in [7, 11) is 0. The molecule has 0 saturated heterocycles. The average Bonchev–Trinajstić information content (AvgIpc) is 2.29. The van der Waals surface area contributed by atoms with E-state index < -0.39 is 0 Å². The van der Waals surface area contributed by atoms with E-state index in [9.17, 15) is 4.79 Å². The van der Waals surface area contributed by atoms with Crippen LogP contribution in [0.5, 0.6) is 0 Å². The normalized spacial score (nSPS) is 10.1. The third kappa shape index (κ3) is 6.23. The molecule has 1 N–H and O–H groups in total. The molecule has 0 saturated carbocycles. The topological polar surface area (TPSA) is 29.1 Å². The van der Waals surface area contributed by atoms with Crippen LogP contribution in [0.25, 0.3) is 0 Å². The maximum atomic E-state index is 10.6. The number of benzene rings is 1. The lowest BCUT2D eigenvalue weighted by atomic mass is 10.1. The van der Waals surface area contributed by atoms with Crippen molar-refractivity contribution in [2.24, 2.45) is 0 Å². The highest BCUT2D eigenvalue weighted by atomic mass is 16.1. The van der Waals surface area contributed by atoms with E-state index in [1.807, 2.05) is 0 Å². The number of rotatable bonds is 7. The lowest BCUT2D eigenvalue weighted by molar-refractivity contribution is -0.118. The van der Waals surface area contributed by atoms with Crippen molar-refractivity contribution in [3.8, 4) is 0 Å². The number of hydrogen-bond donors (Lipinski definition) is 1. The van der Waals surface area contributed by atoms with E-state index in [4.69, 9.17) is 0 Å². The summed E-state index contributed by atoms with van der Waals surface area (Å²) in [4.78, 5) is 10.6. The lowest BCUT2D eigenvalue weighted by Crippen LogP contribution is -2.20. The number of hydrogen-bond acceptors (Lipinski definition) is 1. The molecule has 1 aromatic carbocycles. The molecular weight excluding hydrogens is 198 g/mol. The van der Waals surface area contributed by atoms with Crippen molar-refractivity contribution < 1.29 is 4.79 Å². The van der Waals surface area contributed by atoms with Crippen molar-refractivity contribution in [1.29, 1.82) is 0 Å². The Hall–Kier alpha value is -1.31. The van der Waals surface area contributed by atoms with Crippen molar-refractivity contribution in [3.05, 3.63) is 35.9 Å². The molecule has 0 radical (unpaired) electrons. The van der Waals surface area contributed by atoms with Crippen molar-refractivity contribution >= 4 is 5.91 Å². The van der Waals surface area contributed by atoms with Crippen LogP contribution in [-0.4, -0.2) is 12.5 Å². The molecule has 1 amide bonds. The molecule has 0 aliphatic heterocycles. The standard InChI is InChI=1S/C14H21NO/c1-13(16)15-12-8-3-2-5-9-14-10-6-4-7-11-14/h4,6-7,10-11H,2-3,5,8-9,12H2,1H3,(H,15,16). The molecular formula is C14H21NO. The van der Waals surface area contributed by atoms with Crippen molar-refractivity contribution in [2.75, 3.05) is 6.54 Å². The summed E-state index contributed by atoms with van der Waals surface area (Å²) >= 11 is 0. The molecule has 0 aliphatic carbocycles. The highest BCUT2D eigenvalue weighted by Gasteiger charge is 1.94. The van der Waals surface area contributed by atoms with Gasteiger partial charge in [-0.2, -0.15) is 0 Å². The molecule has 0 unspecified atom stereocenters. The highest BCUT2D eigenvalue weighted by molar-refractivity contribution is 5.72. The summed E-state index contributed by atoms with van der Waals surface area (Å²) < 4.78 is 0. The van der Waals surface area contributed by atoms with Crippen LogP contribution in [-0.2, 0) is 11.2 Å². The van der Waals surface area contributed by atoms with Crippen molar-refractivity contribution in [3.63, 3.8) is 0 Å². The molecule has 1 rings (SSSR count). The number of carbonyl (C=O) groups excluding carboxylic acids is 1. The summed E-state index contributed by atoms with van der Waals surface area (Å²) in [5.41, 5.74) is 1.42. The van der Waals surface area contributed by atoms with E-state index in [0.29, 0.717) is 0 Å². The molecule has 0 fully saturated rings. The zero-order chi connectivity index (χ0) is 11.6. The van der Waals surface area contributed by atoms with E-state index in [1.54, 1.807) is 6.92 Å². The van der Waals surface area contributed by atoms with E-state index >= 15 is 0 Å². The Balaban J connectivity index is 1.94. The molecule has 88 valence electrons. The van der Waals surface area contributed by atoms with Gasteiger partial charge < -0.3 is 5.32 Å². The first-order valence-electron chi connectivity index (χ1n) is 6.07. The Kier molecular flexibility index (Phi) is 6.31. The van der Waals surface area contributed by atoms with Gasteiger partial charge in [-0.15, -0.1) is 0 Å². The first-order chi connectivity index (χ1) is 7.79. The van der Waals surface area contributed by atoms with E-state index in [0.717, 1.165) is 13.0 Å². The summed E-state index contributed by atoms with van der Waals surface area (Å²) in [6, 6.07) is 10.6. The fourth-order valence-corrected chi connectivity index (χ4v) is 1.72. The Morgan fingerprint density at radius 3 is 2.44 bits per heavy atom. The van der Waals surface area contributed by atoms with Gasteiger partial charge in [-0.05, 0) is 24.8 Å². The maximum Gasteiger partial charge on any atom is 0.216 e. The fraction of sp³-hybridized carbons (Fsp3) is 0.500. The van der Waals surface area contributed by atoms with Gasteiger partial charge in [0, 0.05) is 13.5 Å². The summed E-state index contributed by atoms with van der Waals surface area (Å²) in [6.07, 6.45) is 5.95. The number of carbonyl (C=O) groups is 1. The first kappa shape index (κ1) is 12.8. The first-order valence-corrected chi connectivity index (χ1v) is 6.07. The number of amides is 1. The summed E-state index contributed by atoms with van der Waals surface area (Å²) in [5.74, 6) is 0.0734. The minimum Gasteiger partial charge on any atom is -0.356 e. The van der Waals surface area contributed by atoms with E-state index in [1.165, 1.54) is 31.2 Å².